The standard InChI is InChI=1S/C11H22N2O3/c1-3-5-10(15)12-6-4-7-13-11(16)8-9(2)14/h9,14H,3-8H2,1-2H3,(H,12,15)(H,13,16). The second-order valence-corrected chi connectivity index (χ2v) is 3.86. The summed E-state index contributed by atoms with van der Waals surface area (Å²) in [6.45, 7) is 4.63. The van der Waals surface area contributed by atoms with Crippen molar-refractivity contribution in [3.63, 3.8) is 0 Å². The summed E-state index contributed by atoms with van der Waals surface area (Å²) in [5, 5.41) is 14.4. The number of aliphatic hydroxyl groups excluding tert-OH is 1. The summed E-state index contributed by atoms with van der Waals surface area (Å²) in [5.74, 6) is -0.104. The maximum Gasteiger partial charge on any atom is 0.222 e. The maximum absolute atomic E-state index is 11.1. The molecule has 5 nitrogen and oxygen atoms in total. The molecule has 0 rings (SSSR count). The monoisotopic (exact) mass is 230 g/mol. The number of hydrogen-bond acceptors (Lipinski definition) is 3. The number of carbonyl (C=O) groups excluding carboxylic acids is 2. The van der Waals surface area contributed by atoms with Crippen LogP contribution in [0.25, 0.3) is 0 Å². The first kappa shape index (κ1) is 14.9. The molecular formula is C11H22N2O3. The molecule has 94 valence electrons. The Kier molecular flexibility index (Phi) is 8.52. The van der Waals surface area contributed by atoms with Gasteiger partial charge in [-0.1, -0.05) is 6.92 Å². The van der Waals surface area contributed by atoms with Crippen LogP contribution in [0.4, 0.5) is 0 Å². The minimum atomic E-state index is -0.607. The van der Waals surface area contributed by atoms with E-state index in [0.29, 0.717) is 25.9 Å². The van der Waals surface area contributed by atoms with Gasteiger partial charge in [0.2, 0.25) is 11.8 Å². The van der Waals surface area contributed by atoms with E-state index in [0.717, 1.165) is 6.42 Å². The van der Waals surface area contributed by atoms with Crippen molar-refractivity contribution in [3.8, 4) is 0 Å². The van der Waals surface area contributed by atoms with Crippen LogP contribution in [0.1, 0.15) is 39.5 Å². The van der Waals surface area contributed by atoms with Gasteiger partial charge in [0.25, 0.3) is 0 Å². The van der Waals surface area contributed by atoms with Gasteiger partial charge in [-0.05, 0) is 19.8 Å². The van der Waals surface area contributed by atoms with Crippen molar-refractivity contribution in [1.29, 1.82) is 0 Å². The molecule has 0 aliphatic rings. The molecule has 16 heavy (non-hydrogen) atoms. The number of amides is 2. The lowest BCUT2D eigenvalue weighted by atomic mass is 10.2. The third-order valence-electron chi connectivity index (χ3n) is 1.96. The molecule has 0 aromatic heterocycles. The maximum atomic E-state index is 11.1. The second-order valence-electron chi connectivity index (χ2n) is 3.86. The van der Waals surface area contributed by atoms with E-state index in [1.807, 2.05) is 6.92 Å². The molecule has 0 saturated heterocycles. The SMILES string of the molecule is CCCC(=O)NCCCNC(=O)CC(C)O. The highest BCUT2D eigenvalue weighted by Crippen LogP contribution is 1.89. The average molecular weight is 230 g/mol. The smallest absolute Gasteiger partial charge is 0.222 e. The van der Waals surface area contributed by atoms with Crippen LogP contribution in [0.5, 0.6) is 0 Å². The van der Waals surface area contributed by atoms with Gasteiger partial charge in [-0.15, -0.1) is 0 Å². The summed E-state index contributed by atoms with van der Waals surface area (Å²) in [6, 6.07) is 0. The molecule has 0 aromatic rings. The third-order valence-corrected chi connectivity index (χ3v) is 1.96. The number of nitrogens with one attached hydrogen (secondary N) is 2. The lowest BCUT2D eigenvalue weighted by Crippen LogP contribution is -2.30. The van der Waals surface area contributed by atoms with Gasteiger partial charge in [-0.25, -0.2) is 0 Å². The molecular weight excluding hydrogens is 208 g/mol. The highest BCUT2D eigenvalue weighted by molar-refractivity contribution is 5.76. The lowest BCUT2D eigenvalue weighted by Gasteiger charge is -2.07. The molecule has 0 spiro atoms. The first-order valence-electron chi connectivity index (χ1n) is 5.77. The van der Waals surface area contributed by atoms with E-state index in [2.05, 4.69) is 10.6 Å². The molecule has 2 amide bonds. The van der Waals surface area contributed by atoms with E-state index in [4.69, 9.17) is 5.11 Å². The molecule has 5 heteroatoms. The minimum Gasteiger partial charge on any atom is -0.393 e. The van der Waals surface area contributed by atoms with Gasteiger partial charge in [0, 0.05) is 19.5 Å². The molecule has 1 atom stereocenters. The zero-order valence-electron chi connectivity index (χ0n) is 10.1. The Morgan fingerprint density at radius 3 is 2.25 bits per heavy atom. The molecule has 1 unspecified atom stereocenters. The largest absolute Gasteiger partial charge is 0.393 e. The van der Waals surface area contributed by atoms with E-state index in [1.165, 1.54) is 0 Å². The van der Waals surface area contributed by atoms with Crippen molar-refractivity contribution in [1.82, 2.24) is 10.6 Å². The molecule has 0 fully saturated rings. The van der Waals surface area contributed by atoms with Crippen LogP contribution in [-0.2, 0) is 9.59 Å². The van der Waals surface area contributed by atoms with Crippen LogP contribution in [0.3, 0.4) is 0 Å². The Labute approximate surface area is 96.6 Å². The number of aliphatic hydroxyl groups is 1. The van der Waals surface area contributed by atoms with Crippen molar-refractivity contribution >= 4 is 11.8 Å². The molecule has 3 N–H and O–H groups in total. The molecule has 0 saturated carbocycles. The average Bonchev–Trinajstić information content (AvgIpc) is 2.16. The first-order chi connectivity index (χ1) is 7.56. The predicted molar refractivity (Wildman–Crippen MR) is 61.8 cm³/mol. The van der Waals surface area contributed by atoms with Crippen LogP contribution >= 0.6 is 0 Å². The summed E-state index contributed by atoms with van der Waals surface area (Å²) in [7, 11) is 0. The zero-order chi connectivity index (χ0) is 12.4. The first-order valence-corrected chi connectivity index (χ1v) is 5.77. The molecule has 0 aromatic carbocycles. The molecule has 0 aliphatic carbocycles. The zero-order valence-corrected chi connectivity index (χ0v) is 10.1. The van der Waals surface area contributed by atoms with Crippen LogP contribution in [0, 0.1) is 0 Å². The van der Waals surface area contributed by atoms with Gasteiger partial charge in [0.05, 0.1) is 12.5 Å². The van der Waals surface area contributed by atoms with E-state index in [-0.39, 0.29) is 18.2 Å². The van der Waals surface area contributed by atoms with Crippen molar-refractivity contribution in [2.45, 2.75) is 45.6 Å². The fraction of sp³-hybridized carbons (Fsp3) is 0.818. The molecule has 0 heterocycles. The summed E-state index contributed by atoms with van der Waals surface area (Å²) in [5.41, 5.74) is 0. The Bertz CT molecular complexity index is 217. The van der Waals surface area contributed by atoms with Gasteiger partial charge in [0.1, 0.15) is 0 Å². The van der Waals surface area contributed by atoms with Gasteiger partial charge in [0.15, 0.2) is 0 Å². The Hall–Kier alpha value is -1.10. The van der Waals surface area contributed by atoms with Crippen LogP contribution in [0.2, 0.25) is 0 Å². The Morgan fingerprint density at radius 2 is 1.75 bits per heavy atom. The third kappa shape index (κ3) is 9.45. The minimum absolute atomic E-state index is 0.0535. The van der Waals surface area contributed by atoms with Crippen LogP contribution < -0.4 is 10.6 Å². The Balaban J connectivity index is 3.33. The highest BCUT2D eigenvalue weighted by atomic mass is 16.3. The van der Waals surface area contributed by atoms with Gasteiger partial charge in [-0.3, -0.25) is 9.59 Å². The van der Waals surface area contributed by atoms with Crippen molar-refractivity contribution in [2.24, 2.45) is 0 Å². The molecule has 0 bridgehead atoms. The summed E-state index contributed by atoms with van der Waals surface area (Å²) >= 11 is 0. The number of rotatable bonds is 8. The normalized spacial score (nSPS) is 11.9. The molecule has 0 radical (unpaired) electrons. The topological polar surface area (TPSA) is 78.4 Å². The summed E-state index contributed by atoms with van der Waals surface area (Å²) in [4.78, 5) is 22.1. The van der Waals surface area contributed by atoms with Crippen molar-refractivity contribution in [3.05, 3.63) is 0 Å². The fourth-order valence-electron chi connectivity index (χ4n) is 1.20. The summed E-state index contributed by atoms with van der Waals surface area (Å²) in [6.07, 6.45) is 1.62. The fourth-order valence-corrected chi connectivity index (χ4v) is 1.20. The van der Waals surface area contributed by atoms with E-state index in [1.54, 1.807) is 6.92 Å². The Morgan fingerprint density at radius 1 is 1.19 bits per heavy atom. The number of hydrogen-bond donors (Lipinski definition) is 3. The lowest BCUT2D eigenvalue weighted by molar-refractivity contribution is -0.122. The van der Waals surface area contributed by atoms with Crippen molar-refractivity contribution in [2.75, 3.05) is 13.1 Å². The van der Waals surface area contributed by atoms with Gasteiger partial charge >= 0.3 is 0 Å². The van der Waals surface area contributed by atoms with Crippen LogP contribution in [-0.4, -0.2) is 36.1 Å². The highest BCUT2D eigenvalue weighted by Gasteiger charge is 2.04. The molecule has 0 aliphatic heterocycles. The summed E-state index contributed by atoms with van der Waals surface area (Å²) < 4.78 is 0. The van der Waals surface area contributed by atoms with Gasteiger partial charge in [-0.2, -0.15) is 0 Å². The number of carbonyl (C=O) groups is 2. The van der Waals surface area contributed by atoms with E-state index in [9.17, 15) is 9.59 Å². The quantitative estimate of drug-likeness (QED) is 0.520. The van der Waals surface area contributed by atoms with E-state index < -0.39 is 6.10 Å². The van der Waals surface area contributed by atoms with E-state index >= 15 is 0 Å². The van der Waals surface area contributed by atoms with Gasteiger partial charge < -0.3 is 15.7 Å². The predicted octanol–water partition coefficient (Wildman–Crippen LogP) is 0.180. The van der Waals surface area contributed by atoms with Crippen LogP contribution in [0.15, 0.2) is 0 Å². The van der Waals surface area contributed by atoms with Crippen molar-refractivity contribution < 1.29 is 14.7 Å². The second kappa shape index (κ2) is 9.15.